The van der Waals surface area contributed by atoms with Crippen LogP contribution in [0.4, 0.5) is 0 Å². The highest BCUT2D eigenvalue weighted by Crippen LogP contribution is 2.09. The quantitative estimate of drug-likeness (QED) is 0.722. The Morgan fingerprint density at radius 1 is 1.00 bits per heavy atom. The average Bonchev–Trinajstić information content (AvgIpc) is 2.38. The molecule has 0 spiro atoms. The minimum atomic E-state index is 0.615. The summed E-state index contributed by atoms with van der Waals surface area (Å²) in [5.74, 6) is 0. The third kappa shape index (κ3) is 5.33. The molecule has 0 unspecified atom stereocenters. The van der Waals surface area contributed by atoms with Gasteiger partial charge in [-0.1, -0.05) is 31.2 Å². The van der Waals surface area contributed by atoms with Gasteiger partial charge < -0.3 is 5.32 Å². The number of rotatable bonds is 8. The highest BCUT2D eigenvalue weighted by molar-refractivity contribution is 5.26. The molecule has 0 bridgehead atoms. The van der Waals surface area contributed by atoms with Gasteiger partial charge >= 0.3 is 0 Å². The van der Waals surface area contributed by atoms with Gasteiger partial charge in [-0.2, -0.15) is 0 Å². The van der Waals surface area contributed by atoms with Gasteiger partial charge in [0, 0.05) is 31.7 Å². The summed E-state index contributed by atoms with van der Waals surface area (Å²) in [7, 11) is 0. The third-order valence-electron chi connectivity index (χ3n) is 3.69. The number of nitrogens with one attached hydrogen (secondary N) is 1. The van der Waals surface area contributed by atoms with Gasteiger partial charge in [-0.15, -0.1) is 0 Å². The Kier molecular flexibility index (Phi) is 7.11. The largest absolute Gasteiger partial charge is 0.311 e. The maximum atomic E-state index is 3.57. The summed E-state index contributed by atoms with van der Waals surface area (Å²) in [4.78, 5) is 2.53. The summed E-state index contributed by atoms with van der Waals surface area (Å²) >= 11 is 0. The van der Waals surface area contributed by atoms with Crippen LogP contribution in [0.2, 0.25) is 0 Å². The van der Waals surface area contributed by atoms with Crippen LogP contribution in [0.15, 0.2) is 24.3 Å². The van der Waals surface area contributed by atoms with E-state index in [9.17, 15) is 0 Å². The number of benzene rings is 1. The molecule has 2 nitrogen and oxygen atoms in total. The van der Waals surface area contributed by atoms with E-state index in [0.29, 0.717) is 12.1 Å². The predicted octanol–water partition coefficient (Wildman–Crippen LogP) is 3.46. The summed E-state index contributed by atoms with van der Waals surface area (Å²) < 4.78 is 0. The second kappa shape index (κ2) is 8.34. The van der Waals surface area contributed by atoms with Crippen LogP contribution in [0.25, 0.3) is 0 Å². The molecule has 0 aromatic heterocycles. The van der Waals surface area contributed by atoms with Crippen LogP contribution in [0.3, 0.4) is 0 Å². The van der Waals surface area contributed by atoms with Crippen molar-refractivity contribution < 1.29 is 0 Å². The Bertz CT molecular complexity index is 350. The molecule has 0 fully saturated rings. The zero-order valence-electron chi connectivity index (χ0n) is 13.2. The Morgan fingerprint density at radius 2 is 1.58 bits per heavy atom. The van der Waals surface area contributed by atoms with Crippen molar-refractivity contribution in [3.8, 4) is 0 Å². The van der Waals surface area contributed by atoms with Gasteiger partial charge in [-0.05, 0) is 45.2 Å². The van der Waals surface area contributed by atoms with E-state index in [1.54, 1.807) is 0 Å². The molecule has 1 aromatic rings. The molecule has 1 aromatic carbocycles. The van der Waals surface area contributed by atoms with Gasteiger partial charge in [0.2, 0.25) is 0 Å². The number of nitrogens with zero attached hydrogens (tertiary/aromatic N) is 1. The van der Waals surface area contributed by atoms with E-state index in [4.69, 9.17) is 0 Å². The molecular formula is C17H30N2. The van der Waals surface area contributed by atoms with Crippen LogP contribution in [0.1, 0.15) is 45.7 Å². The van der Waals surface area contributed by atoms with Crippen molar-refractivity contribution in [2.45, 2.75) is 59.7 Å². The summed E-state index contributed by atoms with van der Waals surface area (Å²) in [5, 5.41) is 3.57. The summed E-state index contributed by atoms with van der Waals surface area (Å²) in [6.07, 6.45) is 1.11. The Hall–Kier alpha value is -0.860. The van der Waals surface area contributed by atoms with Crippen molar-refractivity contribution in [2.24, 2.45) is 0 Å². The van der Waals surface area contributed by atoms with Gasteiger partial charge in [0.05, 0.1) is 0 Å². The molecule has 0 saturated carbocycles. The SMILES string of the molecule is CCc1ccccc1CNCCN(C(C)C)C(C)C. The molecule has 2 heteroatoms. The minimum absolute atomic E-state index is 0.615. The average molecular weight is 262 g/mol. The minimum Gasteiger partial charge on any atom is -0.311 e. The third-order valence-corrected chi connectivity index (χ3v) is 3.69. The zero-order chi connectivity index (χ0) is 14.3. The van der Waals surface area contributed by atoms with E-state index in [-0.39, 0.29) is 0 Å². The van der Waals surface area contributed by atoms with Crippen molar-refractivity contribution in [1.29, 1.82) is 0 Å². The summed E-state index contributed by atoms with van der Waals surface area (Å²) in [6.45, 7) is 14.4. The molecule has 0 heterocycles. The molecule has 0 atom stereocenters. The molecule has 1 rings (SSSR count). The fourth-order valence-corrected chi connectivity index (χ4v) is 2.62. The monoisotopic (exact) mass is 262 g/mol. The van der Waals surface area contributed by atoms with E-state index >= 15 is 0 Å². The first-order valence-corrected chi connectivity index (χ1v) is 7.59. The second-order valence-corrected chi connectivity index (χ2v) is 5.72. The molecular weight excluding hydrogens is 232 g/mol. The first-order chi connectivity index (χ1) is 9.06. The molecule has 0 aliphatic rings. The first kappa shape index (κ1) is 16.2. The van der Waals surface area contributed by atoms with Crippen molar-refractivity contribution in [3.05, 3.63) is 35.4 Å². The van der Waals surface area contributed by atoms with Crippen molar-refractivity contribution in [2.75, 3.05) is 13.1 Å². The fourth-order valence-electron chi connectivity index (χ4n) is 2.62. The maximum absolute atomic E-state index is 3.57. The molecule has 108 valence electrons. The topological polar surface area (TPSA) is 15.3 Å². The van der Waals surface area contributed by atoms with Crippen LogP contribution < -0.4 is 5.32 Å². The van der Waals surface area contributed by atoms with Crippen LogP contribution in [-0.2, 0) is 13.0 Å². The lowest BCUT2D eigenvalue weighted by Gasteiger charge is -2.30. The standard InChI is InChI=1S/C17H30N2/c1-6-16-9-7-8-10-17(16)13-18-11-12-19(14(2)3)15(4)5/h7-10,14-15,18H,6,11-13H2,1-5H3. The molecule has 0 aliphatic heterocycles. The fraction of sp³-hybridized carbons (Fsp3) is 0.647. The zero-order valence-corrected chi connectivity index (χ0v) is 13.2. The Labute approximate surface area is 119 Å². The predicted molar refractivity (Wildman–Crippen MR) is 84.5 cm³/mol. The molecule has 1 N–H and O–H groups in total. The molecule has 19 heavy (non-hydrogen) atoms. The van der Waals surface area contributed by atoms with Crippen molar-refractivity contribution in [1.82, 2.24) is 10.2 Å². The number of hydrogen-bond donors (Lipinski definition) is 1. The lowest BCUT2D eigenvalue weighted by Crippen LogP contribution is -2.41. The van der Waals surface area contributed by atoms with Gasteiger partial charge in [-0.3, -0.25) is 4.90 Å². The maximum Gasteiger partial charge on any atom is 0.0208 e. The molecule has 0 amide bonds. The first-order valence-electron chi connectivity index (χ1n) is 7.59. The Balaban J connectivity index is 2.38. The summed E-state index contributed by atoms with van der Waals surface area (Å²) in [5.41, 5.74) is 2.89. The van der Waals surface area contributed by atoms with E-state index in [2.05, 4.69) is 69.1 Å². The highest BCUT2D eigenvalue weighted by atomic mass is 15.2. The number of hydrogen-bond acceptors (Lipinski definition) is 2. The van der Waals surface area contributed by atoms with Crippen LogP contribution >= 0.6 is 0 Å². The molecule has 0 saturated heterocycles. The lowest BCUT2D eigenvalue weighted by molar-refractivity contribution is 0.176. The van der Waals surface area contributed by atoms with Crippen LogP contribution in [0.5, 0.6) is 0 Å². The van der Waals surface area contributed by atoms with Crippen LogP contribution in [0, 0.1) is 0 Å². The van der Waals surface area contributed by atoms with E-state index in [0.717, 1.165) is 26.1 Å². The summed E-state index contributed by atoms with van der Waals surface area (Å²) in [6, 6.07) is 9.95. The van der Waals surface area contributed by atoms with E-state index in [1.807, 2.05) is 0 Å². The van der Waals surface area contributed by atoms with E-state index < -0.39 is 0 Å². The van der Waals surface area contributed by atoms with Gasteiger partial charge in [0.15, 0.2) is 0 Å². The Morgan fingerprint density at radius 3 is 2.11 bits per heavy atom. The normalized spacial score (nSPS) is 11.8. The van der Waals surface area contributed by atoms with Crippen molar-refractivity contribution in [3.63, 3.8) is 0 Å². The lowest BCUT2D eigenvalue weighted by atomic mass is 10.1. The molecule has 0 aliphatic carbocycles. The van der Waals surface area contributed by atoms with Crippen LogP contribution in [-0.4, -0.2) is 30.1 Å². The molecule has 0 radical (unpaired) electrons. The van der Waals surface area contributed by atoms with Gasteiger partial charge in [-0.25, -0.2) is 0 Å². The van der Waals surface area contributed by atoms with Gasteiger partial charge in [0.1, 0.15) is 0 Å². The smallest absolute Gasteiger partial charge is 0.0208 e. The second-order valence-electron chi connectivity index (χ2n) is 5.72. The van der Waals surface area contributed by atoms with E-state index in [1.165, 1.54) is 11.1 Å². The number of aryl methyl sites for hydroxylation is 1. The van der Waals surface area contributed by atoms with Gasteiger partial charge in [0.25, 0.3) is 0 Å². The van der Waals surface area contributed by atoms with Crippen molar-refractivity contribution >= 4 is 0 Å². The highest BCUT2D eigenvalue weighted by Gasteiger charge is 2.12.